The predicted octanol–water partition coefficient (Wildman–Crippen LogP) is 4.43. The normalized spacial score (nSPS) is 12.5. The first-order valence-electron chi connectivity index (χ1n) is 8.16. The first-order valence-corrected chi connectivity index (χ1v) is 8.54. The average molecular weight is 357 g/mol. The highest BCUT2D eigenvalue weighted by Gasteiger charge is 2.21. The van der Waals surface area contributed by atoms with Gasteiger partial charge in [-0.1, -0.05) is 54.1 Å². The molecule has 0 aliphatic heterocycles. The Morgan fingerprint density at radius 1 is 1.16 bits per heavy atom. The molecule has 1 atom stereocenters. The minimum Gasteiger partial charge on any atom is -0.449 e. The summed E-state index contributed by atoms with van der Waals surface area (Å²) < 4.78 is 5.73. The third-order valence-electron chi connectivity index (χ3n) is 4.39. The molecule has 1 heterocycles. The zero-order chi connectivity index (χ0) is 18.0. The van der Waals surface area contributed by atoms with Crippen LogP contribution in [0, 0.1) is 6.92 Å². The Hall–Kier alpha value is -2.30. The van der Waals surface area contributed by atoms with Gasteiger partial charge in [0.25, 0.3) is 5.91 Å². The Kier molecular flexibility index (Phi) is 5.11. The number of likely N-dealkylation sites (N-methyl/N-ethyl adjacent to an activating group) is 1. The molecule has 1 unspecified atom stereocenters. The molecule has 1 amide bonds. The summed E-state index contributed by atoms with van der Waals surface area (Å²) in [5.74, 6) is 0.0845. The summed E-state index contributed by atoms with van der Waals surface area (Å²) in [4.78, 5) is 14.7. The summed E-state index contributed by atoms with van der Waals surface area (Å²) >= 11 is 6.16. The van der Waals surface area contributed by atoms with Crippen molar-refractivity contribution in [2.75, 3.05) is 20.6 Å². The molecular formula is C20H21ClN2O2. The molecule has 0 radical (unpaired) electrons. The number of amides is 1. The number of hydrogen-bond donors (Lipinski definition) is 1. The lowest BCUT2D eigenvalue weighted by molar-refractivity contribution is 0.0915. The van der Waals surface area contributed by atoms with Crippen LogP contribution in [0.3, 0.4) is 0 Å². The number of benzene rings is 2. The number of nitrogens with one attached hydrogen (secondary N) is 1. The molecule has 1 N–H and O–H groups in total. The van der Waals surface area contributed by atoms with Gasteiger partial charge in [0.1, 0.15) is 0 Å². The maximum atomic E-state index is 12.6. The van der Waals surface area contributed by atoms with Crippen LogP contribution in [0.1, 0.15) is 27.7 Å². The number of carbonyl (C=O) groups excluding carboxylic acids is 1. The van der Waals surface area contributed by atoms with E-state index in [9.17, 15) is 4.79 Å². The van der Waals surface area contributed by atoms with Gasteiger partial charge in [0.2, 0.25) is 0 Å². The van der Waals surface area contributed by atoms with Gasteiger partial charge in [-0.2, -0.15) is 0 Å². The SMILES string of the molecule is Cc1c(C(=O)NCC(c2ccccc2)N(C)C)oc2c(Cl)cccc12. The molecule has 2 aromatic carbocycles. The van der Waals surface area contributed by atoms with Gasteiger partial charge >= 0.3 is 0 Å². The smallest absolute Gasteiger partial charge is 0.287 e. The third kappa shape index (κ3) is 3.55. The van der Waals surface area contributed by atoms with Crippen molar-refractivity contribution >= 4 is 28.5 Å². The highest BCUT2D eigenvalue weighted by atomic mass is 35.5. The highest BCUT2D eigenvalue weighted by Crippen LogP contribution is 2.30. The standard InChI is InChI=1S/C20H21ClN2O2/c1-13-15-10-7-11-16(21)19(15)25-18(13)20(24)22-12-17(23(2)3)14-8-5-4-6-9-14/h4-11,17H,12H2,1-3H3,(H,22,24). The van der Waals surface area contributed by atoms with Gasteiger partial charge in [-0.3, -0.25) is 4.79 Å². The van der Waals surface area contributed by atoms with Crippen LogP contribution in [0.15, 0.2) is 52.9 Å². The van der Waals surface area contributed by atoms with Crippen molar-refractivity contribution in [3.05, 3.63) is 70.4 Å². The van der Waals surface area contributed by atoms with Crippen molar-refractivity contribution in [2.24, 2.45) is 0 Å². The number of aryl methyl sites for hydroxylation is 1. The van der Waals surface area contributed by atoms with Crippen molar-refractivity contribution in [2.45, 2.75) is 13.0 Å². The Bertz CT molecular complexity index is 887. The van der Waals surface area contributed by atoms with E-state index in [0.717, 1.165) is 16.5 Å². The van der Waals surface area contributed by atoms with Crippen LogP contribution >= 0.6 is 11.6 Å². The van der Waals surface area contributed by atoms with Crippen molar-refractivity contribution in [1.82, 2.24) is 10.2 Å². The Morgan fingerprint density at radius 3 is 2.52 bits per heavy atom. The van der Waals surface area contributed by atoms with E-state index in [1.165, 1.54) is 0 Å². The minimum atomic E-state index is -0.229. The topological polar surface area (TPSA) is 45.5 Å². The van der Waals surface area contributed by atoms with Crippen molar-refractivity contribution in [3.8, 4) is 0 Å². The van der Waals surface area contributed by atoms with Gasteiger partial charge in [0.05, 0.1) is 11.1 Å². The lowest BCUT2D eigenvalue weighted by Gasteiger charge is -2.25. The zero-order valence-corrected chi connectivity index (χ0v) is 15.3. The molecule has 3 aromatic rings. The first-order chi connectivity index (χ1) is 12.0. The second kappa shape index (κ2) is 7.30. The molecular weight excluding hydrogens is 336 g/mol. The molecule has 0 saturated carbocycles. The number of halogens is 1. The fourth-order valence-electron chi connectivity index (χ4n) is 2.97. The molecule has 3 rings (SSSR count). The molecule has 0 aliphatic rings. The number of furan rings is 1. The maximum Gasteiger partial charge on any atom is 0.287 e. The lowest BCUT2D eigenvalue weighted by atomic mass is 10.1. The molecule has 25 heavy (non-hydrogen) atoms. The second-order valence-electron chi connectivity index (χ2n) is 6.27. The van der Waals surface area contributed by atoms with Crippen LogP contribution in [0.2, 0.25) is 5.02 Å². The second-order valence-corrected chi connectivity index (χ2v) is 6.68. The van der Waals surface area contributed by atoms with E-state index < -0.39 is 0 Å². The number of carbonyl (C=O) groups is 1. The lowest BCUT2D eigenvalue weighted by Crippen LogP contribution is -2.34. The summed E-state index contributed by atoms with van der Waals surface area (Å²) in [5, 5.41) is 4.36. The van der Waals surface area contributed by atoms with Gasteiger partial charge in [0, 0.05) is 17.5 Å². The molecule has 130 valence electrons. The summed E-state index contributed by atoms with van der Waals surface area (Å²) in [6.45, 7) is 2.36. The number of para-hydroxylation sites is 1. The Morgan fingerprint density at radius 2 is 1.88 bits per heavy atom. The van der Waals surface area contributed by atoms with Crippen LogP contribution in [-0.4, -0.2) is 31.4 Å². The van der Waals surface area contributed by atoms with E-state index >= 15 is 0 Å². The summed E-state index contributed by atoms with van der Waals surface area (Å²) in [5.41, 5.74) is 2.51. The first kappa shape index (κ1) is 17.5. The summed E-state index contributed by atoms with van der Waals surface area (Å²) in [6, 6.07) is 15.7. The van der Waals surface area contributed by atoms with Crippen LogP contribution in [-0.2, 0) is 0 Å². The average Bonchev–Trinajstić information content (AvgIpc) is 2.94. The monoisotopic (exact) mass is 356 g/mol. The van der Waals surface area contributed by atoms with E-state index in [0.29, 0.717) is 22.9 Å². The quantitative estimate of drug-likeness (QED) is 0.735. The van der Waals surface area contributed by atoms with E-state index in [4.69, 9.17) is 16.0 Å². The summed E-state index contributed by atoms with van der Waals surface area (Å²) in [7, 11) is 3.99. The van der Waals surface area contributed by atoms with Gasteiger partial charge < -0.3 is 14.6 Å². The van der Waals surface area contributed by atoms with E-state index in [-0.39, 0.29) is 11.9 Å². The van der Waals surface area contributed by atoms with Crippen molar-refractivity contribution in [1.29, 1.82) is 0 Å². The van der Waals surface area contributed by atoms with E-state index in [1.54, 1.807) is 6.07 Å². The Balaban J connectivity index is 1.80. The predicted molar refractivity (Wildman–Crippen MR) is 101 cm³/mol. The molecule has 5 heteroatoms. The number of fused-ring (bicyclic) bond motifs is 1. The zero-order valence-electron chi connectivity index (χ0n) is 14.5. The molecule has 0 spiro atoms. The van der Waals surface area contributed by atoms with Gasteiger partial charge in [-0.25, -0.2) is 0 Å². The van der Waals surface area contributed by atoms with Gasteiger partial charge in [-0.15, -0.1) is 0 Å². The fraction of sp³-hybridized carbons (Fsp3) is 0.250. The third-order valence-corrected chi connectivity index (χ3v) is 4.68. The Labute approximate surface area is 152 Å². The highest BCUT2D eigenvalue weighted by molar-refractivity contribution is 6.35. The largest absolute Gasteiger partial charge is 0.449 e. The number of hydrogen-bond acceptors (Lipinski definition) is 3. The minimum absolute atomic E-state index is 0.0819. The molecule has 0 bridgehead atoms. The fourth-order valence-corrected chi connectivity index (χ4v) is 3.18. The molecule has 0 fully saturated rings. The molecule has 0 aliphatic carbocycles. The molecule has 4 nitrogen and oxygen atoms in total. The van der Waals surface area contributed by atoms with Crippen LogP contribution in [0.5, 0.6) is 0 Å². The van der Waals surface area contributed by atoms with E-state index in [1.807, 2.05) is 51.4 Å². The van der Waals surface area contributed by atoms with Crippen molar-refractivity contribution < 1.29 is 9.21 Å². The maximum absolute atomic E-state index is 12.6. The summed E-state index contributed by atoms with van der Waals surface area (Å²) in [6.07, 6.45) is 0. The van der Waals surface area contributed by atoms with Crippen LogP contribution < -0.4 is 5.32 Å². The van der Waals surface area contributed by atoms with Crippen LogP contribution in [0.25, 0.3) is 11.0 Å². The molecule has 1 aromatic heterocycles. The number of rotatable bonds is 5. The number of nitrogens with zero attached hydrogens (tertiary/aromatic N) is 1. The van der Waals surface area contributed by atoms with Crippen LogP contribution in [0.4, 0.5) is 0 Å². The van der Waals surface area contributed by atoms with E-state index in [2.05, 4.69) is 22.3 Å². The molecule has 0 saturated heterocycles. The van der Waals surface area contributed by atoms with Crippen molar-refractivity contribution in [3.63, 3.8) is 0 Å². The van der Waals surface area contributed by atoms with Gasteiger partial charge in [0.15, 0.2) is 11.3 Å². The van der Waals surface area contributed by atoms with Gasteiger partial charge in [-0.05, 0) is 32.6 Å².